The summed E-state index contributed by atoms with van der Waals surface area (Å²) in [7, 11) is 0. The van der Waals surface area contributed by atoms with E-state index >= 15 is 0 Å². The van der Waals surface area contributed by atoms with Gasteiger partial charge in [-0.15, -0.1) is 0 Å². The number of benzene rings is 3. The van der Waals surface area contributed by atoms with Crippen molar-refractivity contribution in [3.8, 4) is 11.1 Å². The number of aliphatic hydroxyl groups is 1. The van der Waals surface area contributed by atoms with Gasteiger partial charge in [-0.25, -0.2) is 0 Å². The monoisotopic (exact) mass is 414 g/mol. The predicted molar refractivity (Wildman–Crippen MR) is 134 cm³/mol. The van der Waals surface area contributed by atoms with Crippen molar-refractivity contribution in [3.63, 3.8) is 0 Å². The number of aryl methyl sites for hydroxylation is 6. The van der Waals surface area contributed by atoms with Crippen LogP contribution in [-0.4, -0.2) is 11.7 Å². The number of hydrogen-bond donors (Lipinski definition) is 1. The average Bonchev–Trinajstić information content (AvgIpc) is 2.82. The summed E-state index contributed by atoms with van der Waals surface area (Å²) >= 11 is 0. The van der Waals surface area contributed by atoms with E-state index in [0.29, 0.717) is 0 Å². The minimum Gasteiger partial charge on any atom is -0.396 e. The Labute approximate surface area is 189 Å². The van der Waals surface area contributed by atoms with Crippen molar-refractivity contribution >= 4 is 0 Å². The standard InChI is InChI=1S/C30H38O/c1-4-8-23-10-12-24(13-11-23)14-15-26-17-19-30(28(6-3)22-26)29-18-16-25(9-7-20-31)21-27(29)5-2/h10-13,16-19,21-22,31H,4-9,14-15,20H2,1-3H3. The summed E-state index contributed by atoms with van der Waals surface area (Å²) in [6.45, 7) is 6.99. The first-order valence-electron chi connectivity index (χ1n) is 12.1. The first kappa shape index (κ1) is 23.3. The maximum Gasteiger partial charge on any atom is 0.0434 e. The Kier molecular flexibility index (Phi) is 8.91. The molecule has 0 bridgehead atoms. The fourth-order valence-corrected chi connectivity index (χ4v) is 4.45. The van der Waals surface area contributed by atoms with Crippen LogP contribution in [0.4, 0.5) is 0 Å². The van der Waals surface area contributed by atoms with Gasteiger partial charge in [0.1, 0.15) is 0 Å². The zero-order chi connectivity index (χ0) is 22.1. The van der Waals surface area contributed by atoms with Crippen molar-refractivity contribution in [3.05, 3.63) is 94.0 Å². The third kappa shape index (κ3) is 6.31. The Hall–Kier alpha value is -2.38. The highest BCUT2D eigenvalue weighted by atomic mass is 16.2. The van der Waals surface area contributed by atoms with Gasteiger partial charge in [-0.05, 0) is 89.5 Å². The van der Waals surface area contributed by atoms with Gasteiger partial charge in [0.25, 0.3) is 0 Å². The lowest BCUT2D eigenvalue weighted by molar-refractivity contribution is 0.288. The lowest BCUT2D eigenvalue weighted by Crippen LogP contribution is -1.98. The number of hydrogen-bond acceptors (Lipinski definition) is 1. The molecule has 3 rings (SSSR count). The SMILES string of the molecule is CCCc1ccc(CCc2ccc(-c3ccc(CCCO)cc3CC)c(CC)c2)cc1. The molecule has 0 radical (unpaired) electrons. The van der Waals surface area contributed by atoms with Gasteiger partial charge in [-0.2, -0.15) is 0 Å². The van der Waals surface area contributed by atoms with E-state index in [9.17, 15) is 0 Å². The van der Waals surface area contributed by atoms with Crippen LogP contribution in [0.15, 0.2) is 60.7 Å². The molecular weight excluding hydrogens is 376 g/mol. The zero-order valence-corrected chi connectivity index (χ0v) is 19.6. The molecule has 0 aliphatic carbocycles. The quantitative estimate of drug-likeness (QED) is 0.353. The van der Waals surface area contributed by atoms with E-state index in [4.69, 9.17) is 5.11 Å². The van der Waals surface area contributed by atoms with Gasteiger partial charge in [0.2, 0.25) is 0 Å². The Morgan fingerprint density at radius 3 is 1.48 bits per heavy atom. The first-order chi connectivity index (χ1) is 15.2. The lowest BCUT2D eigenvalue weighted by atomic mass is 9.89. The van der Waals surface area contributed by atoms with Gasteiger partial charge in [-0.3, -0.25) is 0 Å². The van der Waals surface area contributed by atoms with Crippen molar-refractivity contribution in [2.75, 3.05) is 6.61 Å². The van der Waals surface area contributed by atoms with Crippen LogP contribution in [0.5, 0.6) is 0 Å². The van der Waals surface area contributed by atoms with Crippen molar-refractivity contribution in [2.45, 2.75) is 72.1 Å². The van der Waals surface area contributed by atoms with Crippen LogP contribution in [0.25, 0.3) is 11.1 Å². The maximum absolute atomic E-state index is 9.13. The molecule has 31 heavy (non-hydrogen) atoms. The van der Waals surface area contributed by atoms with E-state index in [1.54, 1.807) is 0 Å². The third-order valence-electron chi connectivity index (χ3n) is 6.28. The fraction of sp³-hybridized carbons (Fsp3) is 0.400. The largest absolute Gasteiger partial charge is 0.396 e. The van der Waals surface area contributed by atoms with Crippen LogP contribution in [0.2, 0.25) is 0 Å². The topological polar surface area (TPSA) is 20.2 Å². The maximum atomic E-state index is 9.13. The second-order valence-corrected chi connectivity index (χ2v) is 8.58. The second kappa shape index (κ2) is 11.9. The molecule has 0 atom stereocenters. The van der Waals surface area contributed by atoms with Crippen LogP contribution in [0.3, 0.4) is 0 Å². The summed E-state index contributed by atoms with van der Waals surface area (Å²) in [6.07, 6.45) is 8.41. The highest BCUT2D eigenvalue weighted by Crippen LogP contribution is 2.30. The Morgan fingerprint density at radius 2 is 1.00 bits per heavy atom. The van der Waals surface area contributed by atoms with Crippen molar-refractivity contribution in [1.29, 1.82) is 0 Å². The molecule has 1 N–H and O–H groups in total. The molecule has 0 unspecified atom stereocenters. The van der Waals surface area contributed by atoms with Gasteiger partial charge in [0, 0.05) is 6.61 Å². The lowest BCUT2D eigenvalue weighted by Gasteiger charge is -2.15. The summed E-state index contributed by atoms with van der Waals surface area (Å²) in [5.74, 6) is 0. The molecule has 0 spiro atoms. The molecule has 0 amide bonds. The first-order valence-corrected chi connectivity index (χ1v) is 12.1. The van der Waals surface area contributed by atoms with Gasteiger partial charge in [-0.1, -0.05) is 87.9 Å². The molecule has 0 aliphatic rings. The molecule has 3 aromatic carbocycles. The molecule has 3 aromatic rings. The Balaban J connectivity index is 1.76. The van der Waals surface area contributed by atoms with Crippen LogP contribution < -0.4 is 0 Å². The van der Waals surface area contributed by atoms with Crippen LogP contribution in [0, 0.1) is 0 Å². The zero-order valence-electron chi connectivity index (χ0n) is 19.6. The van der Waals surface area contributed by atoms with Crippen LogP contribution >= 0.6 is 0 Å². The number of rotatable bonds is 11. The van der Waals surface area contributed by atoms with Crippen molar-refractivity contribution < 1.29 is 5.11 Å². The van der Waals surface area contributed by atoms with Gasteiger partial charge >= 0.3 is 0 Å². The van der Waals surface area contributed by atoms with E-state index in [1.807, 2.05) is 0 Å². The normalized spacial score (nSPS) is 11.1. The molecule has 164 valence electrons. The molecule has 0 aliphatic heterocycles. The molecule has 1 heteroatoms. The van der Waals surface area contributed by atoms with Gasteiger partial charge < -0.3 is 5.11 Å². The highest BCUT2D eigenvalue weighted by Gasteiger charge is 2.10. The third-order valence-corrected chi connectivity index (χ3v) is 6.28. The van der Waals surface area contributed by atoms with Crippen LogP contribution in [-0.2, 0) is 38.5 Å². The highest BCUT2D eigenvalue weighted by molar-refractivity contribution is 5.71. The molecule has 0 saturated carbocycles. The molecule has 0 fully saturated rings. The van der Waals surface area contributed by atoms with Crippen molar-refractivity contribution in [2.24, 2.45) is 0 Å². The summed E-state index contributed by atoms with van der Waals surface area (Å²) in [5.41, 5.74) is 11.2. The van der Waals surface area contributed by atoms with E-state index in [2.05, 4.69) is 81.4 Å². The molecular formula is C30H38O. The van der Waals surface area contributed by atoms with E-state index in [-0.39, 0.29) is 6.61 Å². The summed E-state index contributed by atoms with van der Waals surface area (Å²) in [4.78, 5) is 0. The summed E-state index contributed by atoms with van der Waals surface area (Å²) < 4.78 is 0. The molecule has 0 aromatic heterocycles. The predicted octanol–water partition coefficient (Wildman–Crippen LogP) is 7.14. The van der Waals surface area contributed by atoms with Crippen molar-refractivity contribution in [1.82, 2.24) is 0 Å². The van der Waals surface area contributed by atoms with E-state index in [1.165, 1.54) is 57.3 Å². The summed E-state index contributed by atoms with van der Waals surface area (Å²) in [5, 5.41) is 9.13. The average molecular weight is 415 g/mol. The number of aliphatic hydroxyl groups excluding tert-OH is 1. The van der Waals surface area contributed by atoms with E-state index < -0.39 is 0 Å². The Morgan fingerprint density at radius 1 is 0.548 bits per heavy atom. The fourth-order valence-electron chi connectivity index (χ4n) is 4.45. The summed E-state index contributed by atoms with van der Waals surface area (Å²) in [6, 6.07) is 23.1. The molecule has 1 nitrogen and oxygen atoms in total. The van der Waals surface area contributed by atoms with Crippen LogP contribution in [0.1, 0.15) is 67.0 Å². The van der Waals surface area contributed by atoms with E-state index in [0.717, 1.165) is 38.5 Å². The van der Waals surface area contributed by atoms with Gasteiger partial charge in [0.05, 0.1) is 0 Å². The molecule has 0 heterocycles. The smallest absolute Gasteiger partial charge is 0.0434 e. The Bertz CT molecular complexity index is 953. The minimum absolute atomic E-state index is 0.257. The second-order valence-electron chi connectivity index (χ2n) is 8.58. The molecule has 0 saturated heterocycles. The van der Waals surface area contributed by atoms with Gasteiger partial charge in [0.15, 0.2) is 0 Å². The minimum atomic E-state index is 0.257.